The van der Waals surface area contributed by atoms with Crippen LogP contribution in [0.5, 0.6) is 17.2 Å². The van der Waals surface area contributed by atoms with E-state index in [4.69, 9.17) is 28.4 Å². The minimum atomic E-state index is -0.833. The topological polar surface area (TPSA) is 158 Å². The molecule has 3 aliphatic rings. The molecule has 0 saturated heterocycles. The van der Waals surface area contributed by atoms with Crippen LogP contribution < -0.4 is 14.2 Å². The molecular formula is C56H72O12. The number of carbonyl (C=O) groups excluding carboxylic acids is 6. The highest BCUT2D eigenvalue weighted by Gasteiger charge is 2.36. The molecule has 12 nitrogen and oxygen atoms in total. The molecule has 6 rings (SSSR count). The molecule has 0 amide bonds. The summed E-state index contributed by atoms with van der Waals surface area (Å²) < 4.78 is 35.2. The number of aryl methyl sites for hydroxylation is 1. The third-order valence-corrected chi connectivity index (χ3v) is 14.2. The first-order chi connectivity index (χ1) is 32.6. The SMILES string of the molecule is CCC(=O)OCc1cc(C(C)(CCc2cc(COC(C)=O)c(OC(C)=O)c(C3CCCCC3)c2)c2cc(COC(C)=O)c(OC(C)=O)c(C3CCCCC3)c2)cc(C2CCCCC2)c1OC(C)=O. The molecular weight excluding hydrogens is 865 g/mol. The van der Waals surface area contributed by atoms with Gasteiger partial charge in [0.25, 0.3) is 0 Å². The van der Waals surface area contributed by atoms with Gasteiger partial charge in [0.2, 0.25) is 0 Å². The van der Waals surface area contributed by atoms with Gasteiger partial charge < -0.3 is 28.4 Å². The molecule has 368 valence electrons. The molecule has 0 spiro atoms. The Kier molecular flexibility index (Phi) is 18.4. The Morgan fingerprint density at radius 3 is 1.18 bits per heavy atom. The second-order valence-corrected chi connectivity index (χ2v) is 19.5. The molecule has 3 aromatic rings. The average molecular weight is 937 g/mol. The summed E-state index contributed by atoms with van der Waals surface area (Å²) >= 11 is 0. The van der Waals surface area contributed by atoms with Crippen molar-refractivity contribution in [2.75, 3.05) is 0 Å². The lowest BCUT2D eigenvalue weighted by molar-refractivity contribution is -0.145. The quantitative estimate of drug-likeness (QED) is 0.0676. The second kappa shape index (κ2) is 24.2. The van der Waals surface area contributed by atoms with Crippen molar-refractivity contribution in [1.29, 1.82) is 0 Å². The van der Waals surface area contributed by atoms with Crippen LogP contribution in [0.25, 0.3) is 0 Å². The number of hydrogen-bond acceptors (Lipinski definition) is 12. The predicted molar refractivity (Wildman–Crippen MR) is 257 cm³/mol. The Labute approximate surface area is 402 Å². The van der Waals surface area contributed by atoms with E-state index in [0.717, 1.165) is 130 Å². The zero-order valence-electron chi connectivity index (χ0n) is 41.4. The Bertz CT molecular complexity index is 2310. The maximum absolute atomic E-state index is 12.9. The molecule has 0 bridgehead atoms. The van der Waals surface area contributed by atoms with E-state index in [1.54, 1.807) is 6.92 Å². The van der Waals surface area contributed by atoms with Crippen LogP contribution in [0.1, 0.15) is 225 Å². The van der Waals surface area contributed by atoms with Crippen molar-refractivity contribution in [3.8, 4) is 17.2 Å². The Morgan fingerprint density at radius 2 is 0.824 bits per heavy atom. The number of esters is 6. The maximum Gasteiger partial charge on any atom is 0.308 e. The standard InChI is InChI=1S/C56H72O12/c1-8-52(62)65-34-46-29-48(31-51(55(46)68-39(6)61)43-22-16-11-17-23-43)56(7,47-28-45(33-64-36(3)58)54(67-38(5)60)50(30-47)42-20-14-10-15-21-42)25-24-40-26-44(32-63-35(2)57)53(66-37(4)59)49(27-40)41-18-12-9-13-19-41/h26-31,41-43H,8-25,32-34H2,1-7H3. The lowest BCUT2D eigenvalue weighted by Crippen LogP contribution is -2.27. The van der Waals surface area contributed by atoms with Crippen molar-refractivity contribution in [2.24, 2.45) is 0 Å². The Balaban J connectivity index is 1.63. The summed E-state index contributed by atoms with van der Waals surface area (Å²) in [4.78, 5) is 75.8. The summed E-state index contributed by atoms with van der Waals surface area (Å²) in [6.07, 6.45) is 16.3. The van der Waals surface area contributed by atoms with Crippen LogP contribution in [0.4, 0.5) is 0 Å². The second-order valence-electron chi connectivity index (χ2n) is 19.5. The molecule has 0 radical (unpaired) electrons. The van der Waals surface area contributed by atoms with E-state index >= 15 is 0 Å². The minimum Gasteiger partial charge on any atom is -0.461 e. The monoisotopic (exact) mass is 937 g/mol. The smallest absolute Gasteiger partial charge is 0.308 e. The summed E-state index contributed by atoms with van der Waals surface area (Å²) in [5.41, 5.74) is 6.46. The van der Waals surface area contributed by atoms with E-state index in [1.807, 2.05) is 18.2 Å². The molecule has 3 aliphatic carbocycles. The van der Waals surface area contributed by atoms with Gasteiger partial charge in [-0.3, -0.25) is 28.8 Å². The molecule has 0 aliphatic heterocycles. The van der Waals surface area contributed by atoms with E-state index in [-0.39, 0.29) is 50.0 Å². The Morgan fingerprint density at radius 1 is 0.471 bits per heavy atom. The van der Waals surface area contributed by atoms with E-state index in [0.29, 0.717) is 46.8 Å². The fraction of sp³-hybridized carbons (Fsp3) is 0.571. The molecule has 0 heterocycles. The fourth-order valence-electron chi connectivity index (χ4n) is 10.7. The first-order valence-corrected chi connectivity index (χ1v) is 25.0. The van der Waals surface area contributed by atoms with Gasteiger partial charge in [-0.2, -0.15) is 0 Å². The van der Waals surface area contributed by atoms with Crippen molar-refractivity contribution < 1.29 is 57.2 Å². The van der Waals surface area contributed by atoms with Gasteiger partial charge in [-0.05, 0) is 121 Å². The molecule has 0 N–H and O–H groups in total. The van der Waals surface area contributed by atoms with Crippen LogP contribution in [0.15, 0.2) is 36.4 Å². The van der Waals surface area contributed by atoms with Crippen LogP contribution in [0, 0.1) is 0 Å². The molecule has 12 heteroatoms. The highest BCUT2D eigenvalue weighted by molar-refractivity contribution is 5.74. The molecule has 1 atom stereocenters. The summed E-state index contributed by atoms with van der Waals surface area (Å²) in [6.45, 7) is 10.5. The third-order valence-electron chi connectivity index (χ3n) is 14.2. The number of rotatable bonds is 18. The number of carbonyl (C=O) groups is 6. The van der Waals surface area contributed by atoms with Gasteiger partial charge in [0.1, 0.15) is 37.1 Å². The maximum atomic E-state index is 12.9. The van der Waals surface area contributed by atoms with Gasteiger partial charge in [-0.25, -0.2) is 0 Å². The van der Waals surface area contributed by atoms with E-state index in [1.165, 1.54) is 34.6 Å². The lowest BCUT2D eigenvalue weighted by atomic mass is 9.69. The number of ether oxygens (including phenoxy) is 6. The Hall–Kier alpha value is -5.52. The van der Waals surface area contributed by atoms with Crippen LogP contribution >= 0.6 is 0 Å². The third kappa shape index (κ3) is 13.6. The van der Waals surface area contributed by atoms with Crippen molar-refractivity contribution in [1.82, 2.24) is 0 Å². The van der Waals surface area contributed by atoms with E-state index in [2.05, 4.69) is 25.1 Å². The normalized spacial score (nSPS) is 16.8. The van der Waals surface area contributed by atoms with Crippen LogP contribution in [0.2, 0.25) is 0 Å². The van der Waals surface area contributed by atoms with Crippen molar-refractivity contribution in [3.05, 3.63) is 86.5 Å². The summed E-state index contributed by atoms with van der Waals surface area (Å²) in [6, 6.07) is 12.5. The van der Waals surface area contributed by atoms with Crippen LogP contribution in [-0.4, -0.2) is 35.8 Å². The predicted octanol–water partition coefficient (Wildman–Crippen LogP) is 12.1. The van der Waals surface area contributed by atoms with E-state index < -0.39 is 35.3 Å². The average Bonchev–Trinajstić information content (AvgIpc) is 3.32. The molecule has 68 heavy (non-hydrogen) atoms. The van der Waals surface area contributed by atoms with Crippen molar-refractivity contribution in [2.45, 2.75) is 207 Å². The lowest BCUT2D eigenvalue weighted by Gasteiger charge is -2.36. The van der Waals surface area contributed by atoms with Crippen molar-refractivity contribution >= 4 is 35.8 Å². The largest absolute Gasteiger partial charge is 0.461 e. The summed E-state index contributed by atoms with van der Waals surface area (Å²) in [5.74, 6) is -1.06. The van der Waals surface area contributed by atoms with Gasteiger partial charge >= 0.3 is 35.8 Å². The molecule has 1 unspecified atom stereocenters. The zero-order chi connectivity index (χ0) is 49.0. The highest BCUT2D eigenvalue weighted by Crippen LogP contribution is 2.49. The molecule has 3 saturated carbocycles. The fourth-order valence-corrected chi connectivity index (χ4v) is 10.7. The molecule has 0 aromatic heterocycles. The summed E-state index contributed by atoms with van der Waals surface area (Å²) in [5, 5.41) is 0. The van der Waals surface area contributed by atoms with Gasteiger partial charge in [-0.15, -0.1) is 0 Å². The number of hydrogen-bond donors (Lipinski definition) is 0. The van der Waals surface area contributed by atoms with Crippen LogP contribution in [0.3, 0.4) is 0 Å². The van der Waals surface area contributed by atoms with E-state index in [9.17, 15) is 28.8 Å². The molecule has 3 fully saturated rings. The molecule has 3 aromatic carbocycles. The van der Waals surface area contributed by atoms with Gasteiger partial charge in [0.05, 0.1) is 0 Å². The van der Waals surface area contributed by atoms with Gasteiger partial charge in [0.15, 0.2) is 0 Å². The first-order valence-electron chi connectivity index (χ1n) is 25.0. The zero-order valence-corrected chi connectivity index (χ0v) is 41.4. The highest BCUT2D eigenvalue weighted by atomic mass is 16.6. The number of benzene rings is 3. The van der Waals surface area contributed by atoms with Gasteiger partial charge in [-0.1, -0.05) is 89.8 Å². The van der Waals surface area contributed by atoms with Gasteiger partial charge in [0, 0.05) is 63.1 Å². The summed E-state index contributed by atoms with van der Waals surface area (Å²) in [7, 11) is 0. The van der Waals surface area contributed by atoms with Crippen molar-refractivity contribution in [3.63, 3.8) is 0 Å². The first kappa shape index (κ1) is 51.9. The van der Waals surface area contributed by atoms with Crippen LogP contribution in [-0.2, 0) is 74.6 Å². The minimum absolute atomic E-state index is 0.0627.